The number of hydrogen-bond donors (Lipinski definition) is 0. The van der Waals surface area contributed by atoms with Gasteiger partial charge in [-0.2, -0.15) is 0 Å². The fraction of sp³-hybridized carbons (Fsp3) is 0. The van der Waals surface area contributed by atoms with Crippen LogP contribution in [0.2, 0.25) is 0 Å². The molecule has 0 radical (unpaired) electrons. The van der Waals surface area contributed by atoms with E-state index >= 15 is 0 Å². The van der Waals surface area contributed by atoms with Crippen LogP contribution in [0.4, 0.5) is 8.78 Å². The van der Waals surface area contributed by atoms with Gasteiger partial charge in [0.25, 0.3) is 0 Å². The smallest absolute Gasteiger partial charge is 0.135 e. The van der Waals surface area contributed by atoms with Crippen LogP contribution in [-0.2, 0) is 0 Å². The Morgan fingerprint density at radius 1 is 0.824 bits per heavy atom. The Hall–Kier alpha value is -0.260. The van der Waals surface area contributed by atoms with Gasteiger partial charge >= 0.3 is 0 Å². The molecule has 2 aromatic carbocycles. The van der Waals surface area contributed by atoms with Crippen molar-refractivity contribution < 1.29 is 8.78 Å². The minimum atomic E-state index is -0.607. The Kier molecular flexibility index (Phi) is 4.00. The van der Waals surface area contributed by atoms with Crippen molar-refractivity contribution in [2.75, 3.05) is 0 Å². The van der Waals surface area contributed by atoms with Gasteiger partial charge in [0.1, 0.15) is 11.6 Å². The van der Waals surface area contributed by atoms with Crippen molar-refractivity contribution in [2.45, 2.75) is 0 Å². The highest BCUT2D eigenvalue weighted by molar-refractivity contribution is 9.11. The van der Waals surface area contributed by atoms with Crippen LogP contribution in [0.25, 0.3) is 11.1 Å². The second-order valence-corrected chi connectivity index (χ2v) is 5.99. The van der Waals surface area contributed by atoms with E-state index in [1.807, 2.05) is 6.07 Å². The molecule has 5 heteroatoms. The van der Waals surface area contributed by atoms with Crippen molar-refractivity contribution in [2.24, 2.45) is 0 Å². The van der Waals surface area contributed by atoms with Gasteiger partial charge in [-0.15, -0.1) is 0 Å². The van der Waals surface area contributed by atoms with Gasteiger partial charge < -0.3 is 0 Å². The number of hydrogen-bond acceptors (Lipinski definition) is 0. The second-order valence-electron chi connectivity index (χ2n) is 3.37. The average Bonchev–Trinajstić information content (AvgIpc) is 2.21. The number of rotatable bonds is 1. The molecule has 0 saturated carbocycles. The highest BCUT2D eigenvalue weighted by Crippen LogP contribution is 2.37. The van der Waals surface area contributed by atoms with Crippen LogP contribution < -0.4 is 0 Å². The largest absolute Gasteiger partial charge is 0.207 e. The predicted molar refractivity (Wildman–Crippen MR) is 74.9 cm³/mol. The van der Waals surface area contributed by atoms with Gasteiger partial charge in [-0.05, 0) is 40.2 Å². The molecular formula is C12H5Br3F2. The highest BCUT2D eigenvalue weighted by Gasteiger charge is 2.14. The highest BCUT2D eigenvalue weighted by atomic mass is 79.9. The number of benzene rings is 2. The summed E-state index contributed by atoms with van der Waals surface area (Å²) in [5.41, 5.74) is 0.989. The molecule has 0 bridgehead atoms. The summed E-state index contributed by atoms with van der Waals surface area (Å²) in [6.07, 6.45) is 0. The van der Waals surface area contributed by atoms with E-state index in [9.17, 15) is 8.78 Å². The van der Waals surface area contributed by atoms with Crippen LogP contribution in [-0.4, -0.2) is 0 Å². The molecule has 0 aliphatic rings. The summed E-state index contributed by atoms with van der Waals surface area (Å²) in [7, 11) is 0. The molecule has 17 heavy (non-hydrogen) atoms. The third kappa shape index (κ3) is 2.77. The minimum absolute atomic E-state index is 0.333. The SMILES string of the molecule is Fc1cc(F)c(-c2cc(Br)ccc2Br)c(Br)c1. The topological polar surface area (TPSA) is 0 Å². The maximum atomic E-state index is 13.8. The predicted octanol–water partition coefficient (Wildman–Crippen LogP) is 5.92. The molecule has 0 aliphatic carbocycles. The lowest BCUT2D eigenvalue weighted by Gasteiger charge is -2.09. The molecule has 0 saturated heterocycles. The van der Waals surface area contributed by atoms with E-state index in [1.165, 1.54) is 6.07 Å². The van der Waals surface area contributed by atoms with Crippen LogP contribution in [0.3, 0.4) is 0 Å². The summed E-state index contributed by atoms with van der Waals surface area (Å²) in [6.45, 7) is 0. The zero-order valence-corrected chi connectivity index (χ0v) is 13.0. The van der Waals surface area contributed by atoms with E-state index in [2.05, 4.69) is 47.8 Å². The molecule has 0 fully saturated rings. The maximum absolute atomic E-state index is 13.8. The second kappa shape index (κ2) is 5.16. The third-order valence-corrected chi connectivity index (χ3v) is 4.01. The lowest BCUT2D eigenvalue weighted by molar-refractivity contribution is 0.584. The van der Waals surface area contributed by atoms with Gasteiger partial charge in [0.2, 0.25) is 0 Å². The summed E-state index contributed by atoms with van der Waals surface area (Å²) >= 11 is 9.85. The molecule has 2 rings (SSSR count). The molecule has 88 valence electrons. The van der Waals surface area contributed by atoms with E-state index in [0.29, 0.717) is 15.6 Å². The molecule has 0 N–H and O–H groups in total. The van der Waals surface area contributed by atoms with Gasteiger partial charge in [0, 0.05) is 30.6 Å². The molecular weight excluding hydrogens is 422 g/mol. The summed E-state index contributed by atoms with van der Waals surface area (Å²) < 4.78 is 28.8. The van der Waals surface area contributed by atoms with Crippen LogP contribution >= 0.6 is 47.8 Å². The Balaban J connectivity index is 2.72. The van der Waals surface area contributed by atoms with E-state index in [-0.39, 0.29) is 0 Å². The van der Waals surface area contributed by atoms with E-state index in [0.717, 1.165) is 15.0 Å². The quantitative estimate of drug-likeness (QED) is 0.531. The lowest BCUT2D eigenvalue weighted by atomic mass is 10.1. The molecule has 0 nitrogen and oxygen atoms in total. The Bertz CT molecular complexity index is 559. The molecule has 0 unspecified atom stereocenters. The van der Waals surface area contributed by atoms with Gasteiger partial charge in [-0.1, -0.05) is 31.9 Å². The van der Waals surface area contributed by atoms with Crippen molar-refractivity contribution in [3.8, 4) is 11.1 Å². The fourth-order valence-electron chi connectivity index (χ4n) is 1.49. The fourth-order valence-corrected chi connectivity index (χ4v) is 2.92. The first-order valence-corrected chi connectivity index (χ1v) is 6.97. The molecule has 2 aromatic rings. The minimum Gasteiger partial charge on any atom is -0.207 e. The summed E-state index contributed by atoms with van der Waals surface area (Å²) in [6, 6.07) is 7.52. The Labute approximate surface area is 122 Å². The lowest BCUT2D eigenvalue weighted by Crippen LogP contribution is -1.90. The standard InChI is InChI=1S/C12H5Br3F2/c13-6-1-2-9(14)8(3-6)12-10(15)4-7(16)5-11(12)17/h1-5H. The monoisotopic (exact) mass is 424 g/mol. The van der Waals surface area contributed by atoms with E-state index < -0.39 is 11.6 Å². The van der Waals surface area contributed by atoms with Crippen molar-refractivity contribution in [1.29, 1.82) is 0 Å². The van der Waals surface area contributed by atoms with Crippen molar-refractivity contribution in [3.05, 3.63) is 55.4 Å². The third-order valence-electron chi connectivity index (χ3n) is 2.20. The van der Waals surface area contributed by atoms with Crippen molar-refractivity contribution >= 4 is 47.8 Å². The van der Waals surface area contributed by atoms with Crippen LogP contribution in [0, 0.1) is 11.6 Å². The van der Waals surface area contributed by atoms with Crippen LogP contribution in [0.5, 0.6) is 0 Å². The van der Waals surface area contributed by atoms with Crippen LogP contribution in [0.1, 0.15) is 0 Å². The Morgan fingerprint density at radius 2 is 1.53 bits per heavy atom. The normalized spacial score (nSPS) is 10.6. The van der Waals surface area contributed by atoms with Crippen LogP contribution in [0.15, 0.2) is 43.7 Å². The Morgan fingerprint density at radius 3 is 2.18 bits per heavy atom. The maximum Gasteiger partial charge on any atom is 0.135 e. The number of halogens is 5. The summed E-state index contributed by atoms with van der Waals surface area (Å²) in [5, 5.41) is 0. The van der Waals surface area contributed by atoms with Gasteiger partial charge in [-0.25, -0.2) is 8.78 Å². The van der Waals surface area contributed by atoms with Gasteiger partial charge in [-0.3, -0.25) is 0 Å². The first-order chi connectivity index (χ1) is 7.99. The zero-order chi connectivity index (χ0) is 12.6. The van der Waals surface area contributed by atoms with Gasteiger partial charge in [0.05, 0.1) is 0 Å². The van der Waals surface area contributed by atoms with Crippen molar-refractivity contribution in [3.63, 3.8) is 0 Å². The molecule has 0 aliphatic heterocycles. The van der Waals surface area contributed by atoms with E-state index in [4.69, 9.17) is 0 Å². The molecule has 0 heterocycles. The summed E-state index contributed by atoms with van der Waals surface area (Å²) in [4.78, 5) is 0. The van der Waals surface area contributed by atoms with E-state index in [1.54, 1.807) is 12.1 Å². The first kappa shape index (κ1) is 13.2. The molecule has 0 atom stereocenters. The molecule has 0 amide bonds. The summed E-state index contributed by atoms with van der Waals surface area (Å²) in [5.74, 6) is -1.21. The molecule has 0 spiro atoms. The molecule has 0 aromatic heterocycles. The zero-order valence-electron chi connectivity index (χ0n) is 8.28. The van der Waals surface area contributed by atoms with Gasteiger partial charge in [0.15, 0.2) is 0 Å². The first-order valence-electron chi connectivity index (χ1n) is 4.59. The van der Waals surface area contributed by atoms with Crippen molar-refractivity contribution in [1.82, 2.24) is 0 Å². The average molecular weight is 427 g/mol.